The number of fused-ring (bicyclic) bond motifs is 1. The third-order valence-electron chi connectivity index (χ3n) is 5.63. The van der Waals surface area contributed by atoms with Crippen LogP contribution in [-0.4, -0.2) is 5.78 Å². The summed E-state index contributed by atoms with van der Waals surface area (Å²) < 4.78 is 0. The average Bonchev–Trinajstić information content (AvgIpc) is 2.90. The number of Topliss-reactive ketones (excluding diaryl/α,β-unsaturated/α-hetero) is 1. The maximum Gasteiger partial charge on any atom is 0.189 e. The Balaban J connectivity index is 1.70. The van der Waals surface area contributed by atoms with Gasteiger partial charge < -0.3 is 0 Å². The molecule has 1 nitrogen and oxygen atoms in total. The fourth-order valence-electron chi connectivity index (χ4n) is 4.39. The van der Waals surface area contributed by atoms with Crippen molar-refractivity contribution in [3.05, 3.63) is 76.9 Å². The Bertz CT molecular complexity index is 751. The molecule has 2 aromatic rings. The summed E-state index contributed by atoms with van der Waals surface area (Å²) in [6, 6.07) is 18.5. The summed E-state index contributed by atoms with van der Waals surface area (Å²) in [5, 5.41) is 0. The number of benzene rings is 2. The van der Waals surface area contributed by atoms with Crippen molar-refractivity contribution in [1.82, 2.24) is 0 Å². The van der Waals surface area contributed by atoms with Gasteiger partial charge in [-0.05, 0) is 29.5 Å². The van der Waals surface area contributed by atoms with Crippen molar-refractivity contribution < 1.29 is 4.79 Å². The normalized spacial score (nSPS) is 22.8. The van der Waals surface area contributed by atoms with Gasteiger partial charge in [0.1, 0.15) is 0 Å². The van der Waals surface area contributed by atoms with Gasteiger partial charge in [-0.15, -0.1) is 0 Å². The lowest BCUT2D eigenvalue weighted by molar-refractivity contribution is 0.103. The zero-order chi connectivity index (χ0) is 16.4. The Kier molecular flexibility index (Phi) is 4.34. The lowest BCUT2D eigenvalue weighted by Gasteiger charge is -2.25. The van der Waals surface area contributed by atoms with Crippen LogP contribution in [0.4, 0.5) is 0 Å². The summed E-state index contributed by atoms with van der Waals surface area (Å²) in [6.45, 7) is 0. The van der Waals surface area contributed by atoms with E-state index in [-0.39, 0.29) is 11.7 Å². The van der Waals surface area contributed by atoms with Crippen molar-refractivity contribution in [1.29, 1.82) is 0 Å². The maximum absolute atomic E-state index is 13.0. The molecule has 0 aromatic heterocycles. The molecule has 0 spiro atoms. The number of allylic oxidation sites excluding steroid dienone is 1. The van der Waals surface area contributed by atoms with Crippen LogP contribution in [0.15, 0.2) is 60.2 Å². The molecule has 1 saturated carbocycles. The first kappa shape index (κ1) is 15.4. The molecule has 2 aliphatic carbocycles. The molecule has 2 aliphatic rings. The SMILES string of the molecule is O=C1C(=Cc2ccccc2)C(CC2CCCCC2)c2ccccc21. The Morgan fingerprint density at radius 1 is 0.875 bits per heavy atom. The van der Waals surface area contributed by atoms with Crippen molar-refractivity contribution in [3.8, 4) is 0 Å². The van der Waals surface area contributed by atoms with Crippen LogP contribution in [0, 0.1) is 5.92 Å². The summed E-state index contributed by atoms with van der Waals surface area (Å²) in [7, 11) is 0. The van der Waals surface area contributed by atoms with E-state index < -0.39 is 0 Å². The predicted octanol–water partition coefficient (Wildman–Crippen LogP) is 6.02. The van der Waals surface area contributed by atoms with E-state index in [1.165, 1.54) is 37.7 Å². The Morgan fingerprint density at radius 3 is 2.38 bits per heavy atom. The fraction of sp³-hybridized carbons (Fsp3) is 0.348. The highest BCUT2D eigenvalue weighted by molar-refractivity contribution is 6.16. The molecule has 2 aromatic carbocycles. The average molecular weight is 316 g/mol. The summed E-state index contributed by atoms with van der Waals surface area (Å²) in [4.78, 5) is 13.0. The largest absolute Gasteiger partial charge is 0.289 e. The van der Waals surface area contributed by atoms with Crippen LogP contribution >= 0.6 is 0 Å². The minimum atomic E-state index is 0.232. The molecule has 0 heterocycles. The third kappa shape index (κ3) is 2.96. The molecular formula is C23H24O. The van der Waals surface area contributed by atoms with Crippen LogP contribution in [0.2, 0.25) is 0 Å². The van der Waals surface area contributed by atoms with E-state index in [1.807, 2.05) is 30.3 Å². The first-order valence-corrected chi connectivity index (χ1v) is 9.23. The number of ketones is 1. The van der Waals surface area contributed by atoms with Crippen LogP contribution in [-0.2, 0) is 0 Å². The quantitative estimate of drug-likeness (QED) is 0.633. The van der Waals surface area contributed by atoms with E-state index in [0.717, 1.165) is 29.0 Å². The van der Waals surface area contributed by atoms with Gasteiger partial charge in [-0.3, -0.25) is 4.79 Å². The van der Waals surface area contributed by atoms with E-state index in [9.17, 15) is 4.79 Å². The zero-order valence-electron chi connectivity index (χ0n) is 14.1. The number of hydrogen-bond donors (Lipinski definition) is 0. The van der Waals surface area contributed by atoms with E-state index in [1.54, 1.807) is 0 Å². The molecule has 24 heavy (non-hydrogen) atoms. The van der Waals surface area contributed by atoms with Crippen LogP contribution in [0.1, 0.15) is 65.9 Å². The second-order valence-corrected chi connectivity index (χ2v) is 7.22. The van der Waals surface area contributed by atoms with E-state index in [4.69, 9.17) is 0 Å². The molecule has 0 bridgehead atoms. The number of carbonyl (C=O) groups is 1. The highest BCUT2D eigenvalue weighted by Gasteiger charge is 2.35. The van der Waals surface area contributed by atoms with Crippen molar-refractivity contribution in [3.63, 3.8) is 0 Å². The smallest absolute Gasteiger partial charge is 0.189 e. The molecule has 1 atom stereocenters. The van der Waals surface area contributed by atoms with Crippen LogP contribution in [0.3, 0.4) is 0 Å². The molecule has 1 fully saturated rings. The predicted molar refractivity (Wildman–Crippen MR) is 99.1 cm³/mol. The molecule has 0 radical (unpaired) electrons. The highest BCUT2D eigenvalue weighted by atomic mass is 16.1. The van der Waals surface area contributed by atoms with E-state index >= 15 is 0 Å². The van der Waals surface area contributed by atoms with Crippen molar-refractivity contribution in [2.75, 3.05) is 0 Å². The number of rotatable bonds is 3. The summed E-state index contributed by atoms with van der Waals surface area (Å²) in [6.07, 6.45) is 9.98. The first-order valence-electron chi connectivity index (χ1n) is 9.23. The summed E-state index contributed by atoms with van der Waals surface area (Å²) >= 11 is 0. The molecule has 0 saturated heterocycles. The van der Waals surface area contributed by atoms with E-state index in [2.05, 4.69) is 30.3 Å². The second kappa shape index (κ2) is 6.76. The Morgan fingerprint density at radius 2 is 1.58 bits per heavy atom. The highest BCUT2D eigenvalue weighted by Crippen LogP contribution is 2.44. The van der Waals surface area contributed by atoms with Crippen molar-refractivity contribution in [2.24, 2.45) is 5.92 Å². The number of hydrogen-bond acceptors (Lipinski definition) is 1. The van der Waals surface area contributed by atoms with Crippen LogP contribution < -0.4 is 0 Å². The summed E-state index contributed by atoms with van der Waals surface area (Å²) in [5.41, 5.74) is 4.28. The van der Waals surface area contributed by atoms with Gasteiger partial charge in [0.25, 0.3) is 0 Å². The summed E-state index contributed by atoms with van der Waals surface area (Å²) in [5.74, 6) is 1.27. The minimum Gasteiger partial charge on any atom is -0.289 e. The molecule has 1 heteroatoms. The molecule has 4 rings (SSSR count). The van der Waals surface area contributed by atoms with Crippen molar-refractivity contribution in [2.45, 2.75) is 44.4 Å². The van der Waals surface area contributed by atoms with Gasteiger partial charge >= 0.3 is 0 Å². The second-order valence-electron chi connectivity index (χ2n) is 7.22. The lowest BCUT2D eigenvalue weighted by Crippen LogP contribution is -2.11. The van der Waals surface area contributed by atoms with Crippen LogP contribution in [0.5, 0.6) is 0 Å². The molecule has 0 N–H and O–H groups in total. The zero-order valence-corrected chi connectivity index (χ0v) is 14.1. The maximum atomic E-state index is 13.0. The fourth-order valence-corrected chi connectivity index (χ4v) is 4.39. The molecule has 1 unspecified atom stereocenters. The molecule has 0 amide bonds. The first-order chi connectivity index (χ1) is 11.8. The van der Waals surface area contributed by atoms with Gasteiger partial charge in [0.2, 0.25) is 0 Å². The molecule has 122 valence electrons. The van der Waals surface area contributed by atoms with Gasteiger partial charge in [0.15, 0.2) is 5.78 Å². The Hall–Kier alpha value is -2.15. The van der Waals surface area contributed by atoms with Gasteiger partial charge in [0.05, 0.1) is 0 Å². The monoisotopic (exact) mass is 316 g/mol. The standard InChI is InChI=1S/C23H24O/c24-23-20-14-8-7-13-19(20)21(15-17-9-3-1-4-10-17)22(23)16-18-11-5-2-6-12-18/h2,5-8,11-14,16-17,21H,1,3-4,9-10,15H2. The van der Waals surface area contributed by atoms with Gasteiger partial charge in [-0.1, -0.05) is 86.7 Å². The topological polar surface area (TPSA) is 17.1 Å². The van der Waals surface area contributed by atoms with Gasteiger partial charge in [0, 0.05) is 17.1 Å². The minimum absolute atomic E-state index is 0.232. The van der Waals surface area contributed by atoms with E-state index in [0.29, 0.717) is 0 Å². The number of carbonyl (C=O) groups excluding carboxylic acids is 1. The molecule has 0 aliphatic heterocycles. The van der Waals surface area contributed by atoms with Crippen LogP contribution in [0.25, 0.3) is 6.08 Å². The van der Waals surface area contributed by atoms with Crippen molar-refractivity contribution >= 4 is 11.9 Å². The molecular weight excluding hydrogens is 292 g/mol. The lowest BCUT2D eigenvalue weighted by atomic mass is 9.79. The Labute approximate surface area is 144 Å². The van der Waals surface area contributed by atoms with Gasteiger partial charge in [-0.25, -0.2) is 0 Å². The van der Waals surface area contributed by atoms with Gasteiger partial charge in [-0.2, -0.15) is 0 Å². The third-order valence-corrected chi connectivity index (χ3v) is 5.63.